The Labute approximate surface area is 189 Å². The Hall–Kier alpha value is -4.01. The molecule has 0 saturated carbocycles. The van der Waals surface area contributed by atoms with Gasteiger partial charge in [-0.2, -0.15) is 5.10 Å². The molecule has 33 heavy (non-hydrogen) atoms. The number of amides is 2. The Morgan fingerprint density at radius 1 is 1.12 bits per heavy atom. The molecule has 8 nitrogen and oxygen atoms in total. The lowest BCUT2D eigenvalue weighted by Crippen LogP contribution is -2.15. The van der Waals surface area contributed by atoms with Gasteiger partial charge in [0.2, 0.25) is 5.91 Å². The minimum absolute atomic E-state index is 0.0140. The fourth-order valence-corrected chi connectivity index (χ4v) is 3.70. The Kier molecular flexibility index (Phi) is 5.71. The van der Waals surface area contributed by atoms with E-state index in [0.717, 1.165) is 11.3 Å². The second-order valence-electron chi connectivity index (χ2n) is 8.13. The van der Waals surface area contributed by atoms with Crippen LogP contribution in [0.25, 0.3) is 22.3 Å². The minimum Gasteiger partial charge on any atom is -0.466 e. The van der Waals surface area contributed by atoms with Crippen molar-refractivity contribution in [3.05, 3.63) is 59.4 Å². The molecule has 9 heteroatoms. The molecule has 3 aromatic heterocycles. The van der Waals surface area contributed by atoms with E-state index >= 15 is 0 Å². The van der Waals surface area contributed by atoms with Crippen LogP contribution in [0.4, 0.5) is 15.8 Å². The summed E-state index contributed by atoms with van der Waals surface area (Å²) < 4.78 is 21.8. The van der Waals surface area contributed by atoms with Crippen LogP contribution in [0.15, 0.2) is 40.9 Å². The van der Waals surface area contributed by atoms with E-state index in [-0.39, 0.29) is 17.6 Å². The molecule has 0 bridgehead atoms. The zero-order valence-electron chi connectivity index (χ0n) is 19.0. The van der Waals surface area contributed by atoms with Crippen molar-refractivity contribution >= 4 is 34.2 Å². The van der Waals surface area contributed by atoms with Gasteiger partial charge in [-0.15, -0.1) is 0 Å². The number of aryl methyl sites for hydroxylation is 2. The van der Waals surface area contributed by atoms with E-state index in [9.17, 15) is 14.0 Å². The number of halogens is 1. The average Bonchev–Trinajstić information content (AvgIpc) is 3.31. The van der Waals surface area contributed by atoms with Crippen molar-refractivity contribution in [3.8, 4) is 11.3 Å². The third-order valence-electron chi connectivity index (χ3n) is 5.15. The summed E-state index contributed by atoms with van der Waals surface area (Å²) in [5, 5.41) is 10.1. The van der Waals surface area contributed by atoms with Crippen LogP contribution in [0.1, 0.15) is 48.7 Å². The van der Waals surface area contributed by atoms with Gasteiger partial charge >= 0.3 is 0 Å². The molecule has 3 heterocycles. The summed E-state index contributed by atoms with van der Waals surface area (Å²) >= 11 is 0. The van der Waals surface area contributed by atoms with Crippen molar-refractivity contribution in [1.82, 2.24) is 14.8 Å². The first-order valence-electron chi connectivity index (χ1n) is 10.5. The molecule has 0 spiro atoms. The first-order valence-corrected chi connectivity index (χ1v) is 10.5. The maximum atomic E-state index is 14.4. The van der Waals surface area contributed by atoms with Gasteiger partial charge in [0.05, 0.1) is 28.5 Å². The van der Waals surface area contributed by atoms with Crippen LogP contribution < -0.4 is 10.6 Å². The van der Waals surface area contributed by atoms with Crippen LogP contribution in [-0.4, -0.2) is 26.6 Å². The van der Waals surface area contributed by atoms with E-state index in [1.54, 1.807) is 16.9 Å². The molecular formula is C24H24FN5O3. The van der Waals surface area contributed by atoms with Crippen LogP contribution in [0, 0.1) is 19.7 Å². The van der Waals surface area contributed by atoms with Crippen molar-refractivity contribution in [3.63, 3.8) is 0 Å². The Morgan fingerprint density at radius 3 is 2.52 bits per heavy atom. The Bertz CT molecular complexity index is 1390. The predicted octanol–water partition coefficient (Wildman–Crippen LogP) is 5.24. The van der Waals surface area contributed by atoms with E-state index in [1.165, 1.54) is 25.1 Å². The number of pyridine rings is 1. The molecule has 0 unspecified atom stereocenters. The van der Waals surface area contributed by atoms with Crippen LogP contribution >= 0.6 is 0 Å². The molecule has 0 aliphatic rings. The van der Waals surface area contributed by atoms with Crippen molar-refractivity contribution in [1.29, 1.82) is 0 Å². The summed E-state index contributed by atoms with van der Waals surface area (Å²) in [4.78, 5) is 29.4. The van der Waals surface area contributed by atoms with Gasteiger partial charge in [-0.05, 0) is 58.0 Å². The van der Waals surface area contributed by atoms with Crippen molar-refractivity contribution in [2.24, 2.45) is 0 Å². The fourth-order valence-electron chi connectivity index (χ4n) is 3.70. The normalized spacial score (nSPS) is 11.2. The number of anilines is 2. The fraction of sp³-hybridized carbons (Fsp3) is 0.250. The number of fused-ring (bicyclic) bond motifs is 1. The predicted molar refractivity (Wildman–Crippen MR) is 124 cm³/mol. The van der Waals surface area contributed by atoms with Gasteiger partial charge in [0.1, 0.15) is 17.3 Å². The van der Waals surface area contributed by atoms with Gasteiger partial charge in [0.25, 0.3) is 5.91 Å². The molecule has 2 N–H and O–H groups in total. The van der Waals surface area contributed by atoms with Crippen molar-refractivity contribution in [2.75, 3.05) is 10.6 Å². The molecule has 0 atom stereocenters. The maximum absolute atomic E-state index is 14.4. The Balaban J connectivity index is 1.82. The standard InChI is InChI=1S/C24H24FN5O3/c1-12(2)30-23-19(11-26-30)18(10-21(28-23)17-8-13(3)33-14(17)4)24(32)29-22-9-16(27-15(5)31)6-7-20(22)25/h6-12H,1-5H3,(H,27,31)(H,29,32). The lowest BCUT2D eigenvalue weighted by Gasteiger charge is -2.12. The number of hydrogen-bond acceptors (Lipinski definition) is 5. The summed E-state index contributed by atoms with van der Waals surface area (Å²) in [6.07, 6.45) is 1.58. The van der Waals surface area contributed by atoms with Gasteiger partial charge in [-0.3, -0.25) is 9.59 Å². The molecule has 0 saturated heterocycles. The quantitative estimate of drug-likeness (QED) is 0.434. The molecule has 0 aliphatic heterocycles. The second kappa shape index (κ2) is 8.50. The van der Waals surface area contributed by atoms with Gasteiger partial charge < -0.3 is 15.1 Å². The maximum Gasteiger partial charge on any atom is 0.256 e. The number of carbonyl (C=O) groups excluding carboxylic acids is 2. The van der Waals surface area contributed by atoms with Crippen LogP contribution in [0.2, 0.25) is 0 Å². The molecule has 0 fully saturated rings. The summed E-state index contributed by atoms with van der Waals surface area (Å²) in [5.74, 6) is -0.0444. The van der Waals surface area contributed by atoms with Gasteiger partial charge in [0.15, 0.2) is 5.65 Å². The van der Waals surface area contributed by atoms with Gasteiger partial charge in [-0.1, -0.05) is 0 Å². The molecule has 4 rings (SSSR count). The van der Waals surface area contributed by atoms with Crippen molar-refractivity contribution < 1.29 is 18.4 Å². The summed E-state index contributed by atoms with van der Waals surface area (Å²) in [7, 11) is 0. The molecule has 2 amide bonds. The first-order chi connectivity index (χ1) is 15.6. The summed E-state index contributed by atoms with van der Waals surface area (Å²) in [6.45, 7) is 8.96. The smallest absolute Gasteiger partial charge is 0.256 e. The minimum atomic E-state index is -0.623. The number of hydrogen-bond donors (Lipinski definition) is 2. The molecule has 170 valence electrons. The highest BCUT2D eigenvalue weighted by molar-refractivity contribution is 6.13. The van der Waals surface area contributed by atoms with E-state index in [2.05, 4.69) is 15.7 Å². The SMILES string of the molecule is CC(=O)Nc1ccc(F)c(NC(=O)c2cc(-c3cc(C)oc3C)nc3c2cnn3C(C)C)c1. The highest BCUT2D eigenvalue weighted by Crippen LogP contribution is 2.31. The zero-order chi connectivity index (χ0) is 23.9. The molecular weight excluding hydrogens is 425 g/mol. The zero-order valence-corrected chi connectivity index (χ0v) is 19.0. The number of nitrogens with zero attached hydrogens (tertiary/aromatic N) is 3. The van der Waals surface area contributed by atoms with E-state index in [4.69, 9.17) is 9.40 Å². The monoisotopic (exact) mass is 449 g/mol. The third kappa shape index (κ3) is 4.34. The number of carbonyl (C=O) groups is 2. The number of benzene rings is 1. The molecule has 0 radical (unpaired) electrons. The third-order valence-corrected chi connectivity index (χ3v) is 5.15. The topological polar surface area (TPSA) is 102 Å². The molecule has 0 aliphatic carbocycles. The highest BCUT2D eigenvalue weighted by atomic mass is 19.1. The first kappa shape index (κ1) is 22.2. The largest absolute Gasteiger partial charge is 0.466 e. The highest BCUT2D eigenvalue weighted by Gasteiger charge is 2.21. The number of nitrogens with one attached hydrogen (secondary N) is 2. The Morgan fingerprint density at radius 2 is 1.88 bits per heavy atom. The number of furan rings is 1. The summed E-state index contributed by atoms with van der Waals surface area (Å²) in [5.41, 5.74) is 2.47. The average molecular weight is 449 g/mol. The van der Waals surface area contributed by atoms with Gasteiger partial charge in [0, 0.05) is 24.2 Å². The molecule has 1 aromatic carbocycles. The lowest BCUT2D eigenvalue weighted by atomic mass is 10.1. The van der Waals surface area contributed by atoms with Crippen LogP contribution in [0.5, 0.6) is 0 Å². The van der Waals surface area contributed by atoms with Crippen LogP contribution in [0.3, 0.4) is 0 Å². The van der Waals surface area contributed by atoms with Crippen molar-refractivity contribution in [2.45, 2.75) is 40.7 Å². The van der Waals surface area contributed by atoms with Crippen LogP contribution in [-0.2, 0) is 4.79 Å². The molecule has 4 aromatic rings. The van der Waals surface area contributed by atoms with E-state index in [1.807, 2.05) is 33.8 Å². The lowest BCUT2D eigenvalue weighted by molar-refractivity contribution is -0.114. The second-order valence-corrected chi connectivity index (χ2v) is 8.13. The number of aromatic nitrogens is 3. The number of rotatable bonds is 5. The summed E-state index contributed by atoms with van der Waals surface area (Å²) in [6, 6.07) is 7.50. The van der Waals surface area contributed by atoms with Gasteiger partial charge in [-0.25, -0.2) is 14.1 Å². The van der Waals surface area contributed by atoms with E-state index in [0.29, 0.717) is 33.7 Å². The van der Waals surface area contributed by atoms with E-state index < -0.39 is 11.7 Å².